The second-order valence-corrected chi connectivity index (χ2v) is 4.47. The summed E-state index contributed by atoms with van der Waals surface area (Å²) in [6.45, 7) is 0.688. The molecule has 1 amide bonds. The molecule has 0 bridgehead atoms. The van der Waals surface area contributed by atoms with Crippen LogP contribution in [0.2, 0.25) is 0 Å². The van der Waals surface area contributed by atoms with Gasteiger partial charge in [-0.05, 0) is 37.4 Å². The van der Waals surface area contributed by atoms with Crippen LogP contribution in [-0.2, 0) is 0 Å². The summed E-state index contributed by atoms with van der Waals surface area (Å²) in [6, 6.07) is 3.66. The molecule has 0 spiro atoms. The van der Waals surface area contributed by atoms with Gasteiger partial charge in [0.15, 0.2) is 0 Å². The smallest absolute Gasteiger partial charge is 0.248 e. The largest absolute Gasteiger partial charge is 0.367 e. The molecule has 1 aromatic rings. The molecule has 1 saturated carbocycles. The number of aromatic nitrogens is 1. The Hall–Kier alpha value is -1.62. The van der Waals surface area contributed by atoms with Crippen molar-refractivity contribution >= 4 is 11.7 Å². The lowest BCUT2D eigenvalue weighted by molar-refractivity contribution is 0.1000. The molecule has 2 atom stereocenters. The lowest BCUT2D eigenvalue weighted by atomic mass is 10.0. The normalized spacial score (nSPS) is 23.6. The van der Waals surface area contributed by atoms with Crippen molar-refractivity contribution in [3.8, 4) is 0 Å². The van der Waals surface area contributed by atoms with Crippen molar-refractivity contribution in [1.82, 2.24) is 4.98 Å². The summed E-state index contributed by atoms with van der Waals surface area (Å²) in [5, 5.41) is 3.34. The van der Waals surface area contributed by atoms with Crippen LogP contribution < -0.4 is 16.8 Å². The number of amides is 1. The maximum Gasteiger partial charge on any atom is 0.248 e. The fourth-order valence-electron chi connectivity index (χ4n) is 2.36. The minimum absolute atomic E-state index is 0.357. The number of hydrogen-bond donors (Lipinski definition) is 3. The molecular formula is C12H18N4O. The molecule has 1 aliphatic carbocycles. The van der Waals surface area contributed by atoms with Crippen LogP contribution in [-0.4, -0.2) is 23.5 Å². The van der Waals surface area contributed by atoms with Gasteiger partial charge in [0.2, 0.25) is 5.91 Å². The topological polar surface area (TPSA) is 94.0 Å². The highest BCUT2D eigenvalue weighted by Gasteiger charge is 2.26. The SMILES string of the molecule is NCC1CCCC1Nc1cc(C(N)=O)ccn1. The molecular weight excluding hydrogens is 216 g/mol. The van der Waals surface area contributed by atoms with E-state index in [1.165, 1.54) is 6.42 Å². The first-order valence-electron chi connectivity index (χ1n) is 5.93. The minimum Gasteiger partial charge on any atom is -0.367 e. The van der Waals surface area contributed by atoms with Crippen molar-refractivity contribution < 1.29 is 4.79 Å². The molecule has 0 aliphatic heterocycles. The lowest BCUT2D eigenvalue weighted by Gasteiger charge is -2.20. The van der Waals surface area contributed by atoms with E-state index in [4.69, 9.17) is 11.5 Å². The van der Waals surface area contributed by atoms with Crippen LogP contribution in [0.1, 0.15) is 29.6 Å². The van der Waals surface area contributed by atoms with Crippen LogP contribution in [0.5, 0.6) is 0 Å². The quantitative estimate of drug-likeness (QED) is 0.715. The third-order valence-electron chi connectivity index (χ3n) is 3.34. The van der Waals surface area contributed by atoms with Gasteiger partial charge in [-0.15, -0.1) is 0 Å². The van der Waals surface area contributed by atoms with Gasteiger partial charge in [0, 0.05) is 17.8 Å². The zero-order valence-corrected chi connectivity index (χ0v) is 9.73. The summed E-state index contributed by atoms with van der Waals surface area (Å²) in [5.41, 5.74) is 11.4. The van der Waals surface area contributed by atoms with E-state index >= 15 is 0 Å². The van der Waals surface area contributed by atoms with Crippen molar-refractivity contribution in [1.29, 1.82) is 0 Å². The third-order valence-corrected chi connectivity index (χ3v) is 3.34. The molecule has 2 unspecified atom stereocenters. The fourth-order valence-corrected chi connectivity index (χ4v) is 2.36. The molecule has 1 aromatic heterocycles. The number of hydrogen-bond acceptors (Lipinski definition) is 4. The van der Waals surface area contributed by atoms with Crippen molar-refractivity contribution in [2.24, 2.45) is 17.4 Å². The Bertz CT molecular complexity index is 407. The summed E-state index contributed by atoms with van der Waals surface area (Å²) in [6.07, 6.45) is 5.04. The first kappa shape index (κ1) is 11.9. The number of nitrogens with zero attached hydrogens (tertiary/aromatic N) is 1. The van der Waals surface area contributed by atoms with E-state index in [2.05, 4.69) is 10.3 Å². The van der Waals surface area contributed by atoms with Crippen LogP contribution in [0.3, 0.4) is 0 Å². The molecule has 1 heterocycles. The maximum absolute atomic E-state index is 11.1. The number of carbonyl (C=O) groups excluding carboxylic acids is 1. The van der Waals surface area contributed by atoms with Gasteiger partial charge in [0.1, 0.15) is 5.82 Å². The Morgan fingerprint density at radius 3 is 3.06 bits per heavy atom. The molecule has 2 rings (SSSR count). The van der Waals surface area contributed by atoms with Crippen molar-refractivity contribution in [3.05, 3.63) is 23.9 Å². The number of nitrogens with one attached hydrogen (secondary N) is 1. The lowest BCUT2D eigenvalue weighted by Crippen LogP contribution is -2.29. The van der Waals surface area contributed by atoms with Crippen molar-refractivity contribution in [3.63, 3.8) is 0 Å². The van der Waals surface area contributed by atoms with Gasteiger partial charge in [-0.1, -0.05) is 6.42 Å². The van der Waals surface area contributed by atoms with Gasteiger partial charge in [0.25, 0.3) is 0 Å². The monoisotopic (exact) mass is 234 g/mol. The zero-order valence-electron chi connectivity index (χ0n) is 9.73. The molecule has 5 N–H and O–H groups in total. The van der Waals surface area contributed by atoms with E-state index in [1.54, 1.807) is 18.3 Å². The highest BCUT2D eigenvalue weighted by atomic mass is 16.1. The number of pyridine rings is 1. The predicted molar refractivity (Wildman–Crippen MR) is 66.6 cm³/mol. The van der Waals surface area contributed by atoms with Gasteiger partial charge >= 0.3 is 0 Å². The highest BCUT2D eigenvalue weighted by molar-refractivity contribution is 5.93. The average molecular weight is 234 g/mol. The third kappa shape index (κ3) is 2.74. The molecule has 1 fully saturated rings. The van der Waals surface area contributed by atoms with Crippen LogP contribution in [0, 0.1) is 5.92 Å². The van der Waals surface area contributed by atoms with Gasteiger partial charge in [-0.2, -0.15) is 0 Å². The number of nitrogens with two attached hydrogens (primary N) is 2. The standard InChI is InChI=1S/C12H18N4O/c13-7-9-2-1-3-10(9)16-11-6-8(12(14)17)4-5-15-11/h4-6,9-10H,1-3,7,13H2,(H2,14,17)(H,15,16). The Labute approximate surface area is 101 Å². The van der Waals surface area contributed by atoms with E-state index in [-0.39, 0.29) is 0 Å². The molecule has 5 heteroatoms. The second-order valence-electron chi connectivity index (χ2n) is 4.47. The summed E-state index contributed by atoms with van der Waals surface area (Å²) in [7, 11) is 0. The Morgan fingerprint density at radius 2 is 2.35 bits per heavy atom. The number of rotatable bonds is 4. The van der Waals surface area contributed by atoms with Gasteiger partial charge in [0.05, 0.1) is 0 Å². The van der Waals surface area contributed by atoms with Crippen LogP contribution in [0.15, 0.2) is 18.3 Å². The van der Waals surface area contributed by atoms with Crippen LogP contribution in [0.25, 0.3) is 0 Å². The van der Waals surface area contributed by atoms with E-state index in [0.717, 1.165) is 12.8 Å². The number of carbonyl (C=O) groups is 1. The molecule has 0 radical (unpaired) electrons. The second kappa shape index (κ2) is 5.14. The summed E-state index contributed by atoms with van der Waals surface area (Å²) < 4.78 is 0. The summed E-state index contributed by atoms with van der Waals surface area (Å²) >= 11 is 0. The summed E-state index contributed by atoms with van der Waals surface area (Å²) in [5.74, 6) is 0.762. The minimum atomic E-state index is -0.433. The van der Waals surface area contributed by atoms with Gasteiger partial charge in [-0.25, -0.2) is 4.98 Å². The van der Waals surface area contributed by atoms with Crippen LogP contribution in [0.4, 0.5) is 5.82 Å². The van der Waals surface area contributed by atoms with E-state index in [1.807, 2.05) is 0 Å². The number of primary amides is 1. The molecule has 17 heavy (non-hydrogen) atoms. The first-order chi connectivity index (χ1) is 8.20. The van der Waals surface area contributed by atoms with Crippen LogP contribution >= 0.6 is 0 Å². The van der Waals surface area contributed by atoms with E-state index < -0.39 is 5.91 Å². The molecule has 92 valence electrons. The first-order valence-corrected chi connectivity index (χ1v) is 5.93. The van der Waals surface area contributed by atoms with Crippen molar-refractivity contribution in [2.75, 3.05) is 11.9 Å². The molecule has 1 aliphatic rings. The highest BCUT2D eigenvalue weighted by Crippen LogP contribution is 2.27. The van der Waals surface area contributed by atoms with Gasteiger partial charge < -0.3 is 16.8 Å². The Kier molecular flexibility index (Phi) is 3.58. The Balaban J connectivity index is 2.07. The number of anilines is 1. The van der Waals surface area contributed by atoms with Crippen molar-refractivity contribution in [2.45, 2.75) is 25.3 Å². The van der Waals surface area contributed by atoms with E-state index in [9.17, 15) is 4.79 Å². The Morgan fingerprint density at radius 1 is 1.53 bits per heavy atom. The zero-order chi connectivity index (χ0) is 12.3. The molecule has 5 nitrogen and oxygen atoms in total. The van der Waals surface area contributed by atoms with E-state index in [0.29, 0.717) is 29.9 Å². The fraction of sp³-hybridized carbons (Fsp3) is 0.500. The maximum atomic E-state index is 11.1. The summed E-state index contributed by atoms with van der Waals surface area (Å²) in [4.78, 5) is 15.3. The molecule has 0 saturated heterocycles. The predicted octanol–water partition coefficient (Wildman–Crippen LogP) is 0.720. The molecule has 0 aromatic carbocycles. The average Bonchev–Trinajstić information content (AvgIpc) is 2.76. The van der Waals surface area contributed by atoms with Gasteiger partial charge in [-0.3, -0.25) is 4.79 Å².